The van der Waals surface area contributed by atoms with Crippen LogP contribution in [0, 0.1) is 0 Å². The van der Waals surface area contributed by atoms with Crippen LogP contribution in [0.25, 0.3) is 55.1 Å². The van der Waals surface area contributed by atoms with Crippen LogP contribution in [0.15, 0.2) is 150 Å². The van der Waals surface area contributed by atoms with Crippen LogP contribution in [0.3, 0.4) is 0 Å². The van der Waals surface area contributed by atoms with Crippen molar-refractivity contribution in [3.8, 4) is 11.4 Å². The topological polar surface area (TPSA) is 153 Å². The smallest absolute Gasteiger partial charge is 0.264 e. The molecule has 0 saturated heterocycles. The summed E-state index contributed by atoms with van der Waals surface area (Å²) in [5.41, 5.74) is 5.87. The summed E-state index contributed by atoms with van der Waals surface area (Å²) in [4.78, 5) is 52.0. The molecule has 10 aromatic rings. The fourth-order valence-corrected chi connectivity index (χ4v) is 8.11. The summed E-state index contributed by atoms with van der Waals surface area (Å²) in [6.45, 7) is 3.99. The number of aryl methyl sites for hydroxylation is 1. The molecule has 0 aliphatic rings. The lowest BCUT2D eigenvalue weighted by atomic mass is 10.1. The minimum absolute atomic E-state index is 0.154. The van der Waals surface area contributed by atoms with E-state index in [2.05, 4.69) is 40.5 Å². The van der Waals surface area contributed by atoms with E-state index in [1.54, 1.807) is 40.1 Å². The van der Waals surface area contributed by atoms with Crippen molar-refractivity contribution >= 4 is 78.6 Å². The maximum Gasteiger partial charge on any atom is 0.264 e. The molecule has 10 rings (SSSR count). The van der Waals surface area contributed by atoms with Crippen molar-refractivity contribution in [2.75, 3.05) is 10.6 Å². The summed E-state index contributed by atoms with van der Waals surface area (Å²) >= 11 is 12.8. The molecule has 0 bridgehead atoms. The van der Waals surface area contributed by atoms with Crippen LogP contribution in [-0.4, -0.2) is 43.6 Å². The molecular formula is C46H37Cl2N11O2. The number of rotatable bonds is 8. The van der Waals surface area contributed by atoms with Crippen LogP contribution in [0.5, 0.6) is 0 Å². The highest BCUT2D eigenvalue weighted by molar-refractivity contribution is 6.35. The third-order valence-electron chi connectivity index (χ3n) is 10.5. The number of hydrogen-bond donors (Lipinski definition) is 3. The summed E-state index contributed by atoms with van der Waals surface area (Å²) in [6.07, 6.45) is 6.57. The molecule has 0 aliphatic carbocycles. The molecule has 0 spiro atoms. The highest BCUT2D eigenvalue weighted by atomic mass is 35.5. The Kier molecular flexibility index (Phi) is 10.5. The van der Waals surface area contributed by atoms with Crippen LogP contribution in [0.1, 0.15) is 37.3 Å². The summed E-state index contributed by atoms with van der Waals surface area (Å²) < 4.78 is 5.24. The van der Waals surface area contributed by atoms with E-state index in [1.807, 2.05) is 129 Å². The molecule has 2 atom stereocenters. The van der Waals surface area contributed by atoms with Gasteiger partial charge in [-0.1, -0.05) is 83.9 Å². The van der Waals surface area contributed by atoms with Crippen molar-refractivity contribution < 1.29 is 0 Å². The second kappa shape index (κ2) is 16.4. The summed E-state index contributed by atoms with van der Waals surface area (Å²) in [7, 11) is 1.88. The van der Waals surface area contributed by atoms with Gasteiger partial charge in [0.05, 0.1) is 51.1 Å². The van der Waals surface area contributed by atoms with Crippen LogP contribution >= 0.6 is 23.2 Å². The van der Waals surface area contributed by atoms with Crippen molar-refractivity contribution in [3.05, 3.63) is 183 Å². The predicted octanol–water partition coefficient (Wildman–Crippen LogP) is 9.58. The molecule has 3 N–H and O–H groups in total. The molecule has 6 aromatic heterocycles. The van der Waals surface area contributed by atoms with E-state index in [0.717, 1.165) is 50.2 Å². The first-order valence-electron chi connectivity index (χ1n) is 19.4. The number of nitrogens with zero attached hydrogens (tertiary/aromatic N) is 8. The number of anilines is 2. The van der Waals surface area contributed by atoms with Gasteiger partial charge in [-0.15, -0.1) is 0 Å². The van der Waals surface area contributed by atoms with Gasteiger partial charge in [0.1, 0.15) is 17.4 Å². The van der Waals surface area contributed by atoms with Gasteiger partial charge in [0, 0.05) is 36.0 Å². The molecule has 0 amide bonds. The zero-order chi connectivity index (χ0) is 42.2. The fraction of sp³-hybridized carbons (Fsp3) is 0.109. The average molecular weight is 847 g/mol. The van der Waals surface area contributed by atoms with Crippen LogP contribution < -0.4 is 21.8 Å². The molecule has 302 valence electrons. The molecule has 4 aromatic carbocycles. The molecule has 0 saturated carbocycles. The van der Waals surface area contributed by atoms with Crippen molar-refractivity contribution in [2.45, 2.75) is 25.9 Å². The van der Waals surface area contributed by atoms with E-state index in [9.17, 15) is 9.59 Å². The number of nitrogens with one attached hydrogen (secondary N) is 3. The maximum absolute atomic E-state index is 13.6. The number of H-pyrrole nitrogens is 1. The maximum atomic E-state index is 13.6. The Balaban J connectivity index is 0.000000156. The second-order valence-corrected chi connectivity index (χ2v) is 15.3. The average Bonchev–Trinajstić information content (AvgIpc) is 3.92. The third kappa shape index (κ3) is 7.34. The fourth-order valence-electron chi connectivity index (χ4n) is 7.59. The van der Waals surface area contributed by atoms with Gasteiger partial charge in [-0.05, 0) is 79.2 Å². The van der Waals surface area contributed by atoms with Crippen LogP contribution in [0.2, 0.25) is 10.0 Å². The Morgan fingerprint density at radius 1 is 0.607 bits per heavy atom. The molecule has 0 aliphatic heterocycles. The van der Waals surface area contributed by atoms with Gasteiger partial charge in [-0.3, -0.25) is 18.7 Å². The molecule has 6 heterocycles. The summed E-state index contributed by atoms with van der Waals surface area (Å²) in [5, 5.41) is 10.3. The molecule has 0 radical (unpaired) electrons. The molecular weight excluding hydrogens is 809 g/mol. The standard InChI is InChI=1S/C23H19ClN6O.C23H18ClN5O/c1-14(28-21-20-22(26-12-25-21)29(2)13-27-20)18-11-15-7-6-10-17(24)19(15)23(31)30(18)16-8-4-3-5-9-16;1-14(28-22-21-18(10-11-25-22)26-13-27-21)19-12-15-6-5-9-17(24)20(15)23(30)29(19)16-7-3-2-4-8-16/h3-14H,1-2H3,(H,25,26,28);2-14H,1H3,(H,25,28)(H,26,27)/t2*14-/m00/s1. The highest BCUT2D eigenvalue weighted by Crippen LogP contribution is 2.30. The molecule has 0 fully saturated rings. The Morgan fingerprint density at radius 2 is 1.15 bits per heavy atom. The number of aromatic amines is 1. The largest absolute Gasteiger partial charge is 0.360 e. The number of para-hydroxylation sites is 2. The van der Waals surface area contributed by atoms with Gasteiger partial charge >= 0.3 is 0 Å². The minimum atomic E-state index is -0.253. The predicted molar refractivity (Wildman–Crippen MR) is 243 cm³/mol. The second-order valence-electron chi connectivity index (χ2n) is 14.4. The van der Waals surface area contributed by atoms with Gasteiger partial charge < -0.3 is 20.2 Å². The number of fused-ring (bicyclic) bond motifs is 4. The monoisotopic (exact) mass is 845 g/mol. The third-order valence-corrected chi connectivity index (χ3v) is 11.1. The first-order chi connectivity index (χ1) is 29.7. The summed E-state index contributed by atoms with van der Waals surface area (Å²) in [5.74, 6) is 1.26. The zero-order valence-electron chi connectivity index (χ0n) is 33.1. The van der Waals surface area contributed by atoms with E-state index in [4.69, 9.17) is 23.2 Å². The van der Waals surface area contributed by atoms with E-state index >= 15 is 0 Å². The quantitative estimate of drug-likeness (QED) is 0.136. The summed E-state index contributed by atoms with van der Waals surface area (Å²) in [6, 6.07) is 35.5. The van der Waals surface area contributed by atoms with Gasteiger partial charge in [-0.2, -0.15) is 0 Å². The van der Waals surface area contributed by atoms with E-state index < -0.39 is 0 Å². The number of benzene rings is 4. The molecule has 0 unspecified atom stereocenters. The highest BCUT2D eigenvalue weighted by Gasteiger charge is 2.21. The van der Waals surface area contributed by atoms with Crippen molar-refractivity contribution in [1.29, 1.82) is 0 Å². The number of aromatic nitrogens is 9. The van der Waals surface area contributed by atoms with E-state index in [1.165, 1.54) is 6.33 Å². The van der Waals surface area contributed by atoms with E-state index in [-0.39, 0.29) is 23.2 Å². The Labute approximate surface area is 358 Å². The normalized spacial score (nSPS) is 12.3. The van der Waals surface area contributed by atoms with E-state index in [0.29, 0.717) is 38.0 Å². The Morgan fingerprint density at radius 3 is 1.70 bits per heavy atom. The SMILES string of the molecule is C[C@H](Nc1nccc2[nH]cnc12)c1cc2cccc(Cl)c2c(=O)n1-c1ccccc1.C[C@H](Nc1ncnc2c1ncn2C)c1cc2cccc(Cl)c2c(=O)n1-c1ccccc1. The van der Waals surface area contributed by atoms with Gasteiger partial charge in [0.2, 0.25) is 0 Å². The molecule has 13 nitrogen and oxygen atoms in total. The number of hydrogen-bond acceptors (Lipinski definition) is 9. The van der Waals surface area contributed by atoms with Gasteiger partial charge in [0.15, 0.2) is 17.3 Å². The molecule has 15 heteroatoms. The number of pyridine rings is 3. The zero-order valence-corrected chi connectivity index (χ0v) is 34.6. The van der Waals surface area contributed by atoms with Crippen molar-refractivity contribution in [1.82, 2.24) is 43.6 Å². The first-order valence-corrected chi connectivity index (χ1v) is 20.2. The Bertz CT molecular complexity index is 3350. The minimum Gasteiger partial charge on any atom is -0.360 e. The lowest BCUT2D eigenvalue weighted by molar-refractivity contribution is 0.774. The lowest BCUT2D eigenvalue weighted by Gasteiger charge is -2.21. The van der Waals surface area contributed by atoms with Crippen molar-refractivity contribution in [2.24, 2.45) is 7.05 Å². The number of imidazole rings is 2. The molecule has 61 heavy (non-hydrogen) atoms. The lowest BCUT2D eigenvalue weighted by Crippen LogP contribution is -2.25. The number of halogens is 2. The van der Waals surface area contributed by atoms with Gasteiger partial charge in [0.25, 0.3) is 11.1 Å². The Hall–Kier alpha value is -7.35. The first kappa shape index (κ1) is 39.1. The van der Waals surface area contributed by atoms with Crippen LogP contribution in [0.4, 0.5) is 11.6 Å². The van der Waals surface area contributed by atoms with Crippen LogP contribution in [-0.2, 0) is 7.05 Å². The van der Waals surface area contributed by atoms with Gasteiger partial charge in [-0.25, -0.2) is 24.9 Å². The van der Waals surface area contributed by atoms with Crippen molar-refractivity contribution in [3.63, 3.8) is 0 Å².